The smallest absolute Gasteiger partial charge is 0.248 e. The summed E-state index contributed by atoms with van der Waals surface area (Å²) in [5, 5.41) is 9.25. The first-order chi connectivity index (χ1) is 9.70. The van der Waals surface area contributed by atoms with Crippen molar-refractivity contribution in [3.8, 4) is 11.5 Å². The van der Waals surface area contributed by atoms with Gasteiger partial charge in [0.25, 0.3) is 0 Å². The van der Waals surface area contributed by atoms with Gasteiger partial charge < -0.3 is 10.2 Å². The maximum absolute atomic E-state index is 13.8. The molecule has 0 bridgehead atoms. The molecule has 5 heteroatoms. The fourth-order valence-corrected chi connectivity index (χ4v) is 2.12. The second-order valence-electron chi connectivity index (χ2n) is 4.60. The van der Waals surface area contributed by atoms with Crippen molar-refractivity contribution in [1.82, 2.24) is 10.2 Å². The number of halogens is 1. The van der Waals surface area contributed by atoms with Gasteiger partial charge in [0.1, 0.15) is 5.82 Å². The van der Waals surface area contributed by atoms with E-state index in [1.165, 1.54) is 6.07 Å². The lowest BCUT2D eigenvalue weighted by atomic mass is 10.0. The molecule has 102 valence electrons. The normalized spacial score (nSPS) is 12.8. The minimum atomic E-state index is -0.275. The topological polar surface area (TPSA) is 64.9 Å². The van der Waals surface area contributed by atoms with E-state index < -0.39 is 0 Å². The molecule has 0 saturated carbocycles. The Labute approximate surface area is 115 Å². The molecule has 20 heavy (non-hydrogen) atoms. The summed E-state index contributed by atoms with van der Waals surface area (Å²) in [6.07, 6.45) is 0.714. The highest BCUT2D eigenvalue weighted by molar-refractivity contribution is 5.95. The molecule has 0 aliphatic rings. The van der Waals surface area contributed by atoms with Crippen LogP contribution in [-0.2, 0) is 0 Å². The van der Waals surface area contributed by atoms with Gasteiger partial charge in [-0.3, -0.25) is 0 Å². The van der Waals surface area contributed by atoms with E-state index in [1.807, 2.05) is 19.1 Å². The standard InChI is InChI=1S/C15H14FN3O/c1-2-13(17)15-19-18-14(20-15)11-7-8-12(16)10-6-4-3-5-9(10)11/h3-8,13H,2,17H2,1H3. The molecule has 3 rings (SSSR count). The lowest BCUT2D eigenvalue weighted by Crippen LogP contribution is -2.08. The maximum Gasteiger partial charge on any atom is 0.248 e. The van der Waals surface area contributed by atoms with Crippen molar-refractivity contribution >= 4 is 10.8 Å². The van der Waals surface area contributed by atoms with Gasteiger partial charge in [0.2, 0.25) is 11.8 Å². The molecule has 0 aliphatic heterocycles. The van der Waals surface area contributed by atoms with Gasteiger partial charge in [0.05, 0.1) is 6.04 Å². The second kappa shape index (κ2) is 5.02. The Kier molecular flexibility index (Phi) is 3.20. The summed E-state index contributed by atoms with van der Waals surface area (Å²) in [5.41, 5.74) is 6.58. The SMILES string of the molecule is CCC(N)c1nnc(-c2ccc(F)c3ccccc23)o1. The Bertz CT molecular complexity index is 754. The molecule has 0 radical (unpaired) electrons. The number of nitrogens with two attached hydrogens (primary N) is 1. The molecule has 1 heterocycles. The molecule has 1 atom stereocenters. The molecule has 2 aromatic carbocycles. The van der Waals surface area contributed by atoms with Gasteiger partial charge in [-0.25, -0.2) is 4.39 Å². The van der Waals surface area contributed by atoms with Crippen LogP contribution in [0.3, 0.4) is 0 Å². The zero-order valence-electron chi connectivity index (χ0n) is 11.0. The number of rotatable bonds is 3. The molecule has 0 fully saturated rings. The van der Waals surface area contributed by atoms with Crippen LogP contribution in [0.1, 0.15) is 25.3 Å². The van der Waals surface area contributed by atoms with Crippen LogP contribution in [0.5, 0.6) is 0 Å². The van der Waals surface area contributed by atoms with Gasteiger partial charge in [-0.05, 0) is 23.9 Å². The number of nitrogens with zero attached hydrogens (tertiary/aromatic N) is 2. The molecule has 0 amide bonds. The van der Waals surface area contributed by atoms with E-state index in [2.05, 4.69) is 10.2 Å². The van der Waals surface area contributed by atoms with E-state index in [0.717, 1.165) is 5.39 Å². The number of hydrogen-bond donors (Lipinski definition) is 1. The third kappa shape index (κ3) is 2.06. The lowest BCUT2D eigenvalue weighted by molar-refractivity contribution is 0.453. The summed E-state index contributed by atoms with van der Waals surface area (Å²) in [4.78, 5) is 0. The minimum Gasteiger partial charge on any atom is -0.419 e. The third-order valence-electron chi connectivity index (χ3n) is 3.30. The molecule has 0 aliphatic carbocycles. The molecule has 0 spiro atoms. The third-order valence-corrected chi connectivity index (χ3v) is 3.30. The van der Waals surface area contributed by atoms with Crippen molar-refractivity contribution in [2.24, 2.45) is 5.73 Å². The first-order valence-electron chi connectivity index (χ1n) is 6.47. The van der Waals surface area contributed by atoms with Crippen LogP contribution in [0.4, 0.5) is 4.39 Å². The van der Waals surface area contributed by atoms with Crippen LogP contribution in [0.2, 0.25) is 0 Å². The zero-order chi connectivity index (χ0) is 14.1. The highest BCUT2D eigenvalue weighted by Gasteiger charge is 2.16. The van der Waals surface area contributed by atoms with Gasteiger partial charge >= 0.3 is 0 Å². The molecule has 4 nitrogen and oxygen atoms in total. The van der Waals surface area contributed by atoms with Crippen molar-refractivity contribution in [2.45, 2.75) is 19.4 Å². The molecule has 3 aromatic rings. The van der Waals surface area contributed by atoms with E-state index in [4.69, 9.17) is 10.2 Å². The lowest BCUT2D eigenvalue weighted by Gasteiger charge is -2.04. The fraction of sp³-hybridized carbons (Fsp3) is 0.200. The first kappa shape index (κ1) is 12.7. The average molecular weight is 271 g/mol. The van der Waals surface area contributed by atoms with Crippen LogP contribution in [0, 0.1) is 5.82 Å². The van der Waals surface area contributed by atoms with E-state index in [-0.39, 0.29) is 11.9 Å². The summed E-state index contributed by atoms with van der Waals surface area (Å²) in [6.45, 7) is 1.95. The van der Waals surface area contributed by atoms with Crippen LogP contribution < -0.4 is 5.73 Å². The van der Waals surface area contributed by atoms with E-state index in [9.17, 15) is 4.39 Å². The first-order valence-corrected chi connectivity index (χ1v) is 6.47. The second-order valence-corrected chi connectivity index (χ2v) is 4.60. The van der Waals surface area contributed by atoms with Gasteiger partial charge in [-0.15, -0.1) is 10.2 Å². The van der Waals surface area contributed by atoms with Gasteiger partial charge in [0.15, 0.2) is 0 Å². The summed E-state index contributed by atoms with van der Waals surface area (Å²) in [6, 6.07) is 9.97. The van der Waals surface area contributed by atoms with Crippen LogP contribution in [-0.4, -0.2) is 10.2 Å². The van der Waals surface area contributed by atoms with E-state index >= 15 is 0 Å². The predicted molar refractivity (Wildman–Crippen MR) is 74.4 cm³/mol. The summed E-state index contributed by atoms with van der Waals surface area (Å²) >= 11 is 0. The molecule has 2 N–H and O–H groups in total. The maximum atomic E-state index is 13.8. The Morgan fingerprint density at radius 2 is 1.90 bits per heavy atom. The number of benzene rings is 2. The van der Waals surface area contributed by atoms with Crippen molar-refractivity contribution < 1.29 is 8.81 Å². The molecule has 1 unspecified atom stereocenters. The quantitative estimate of drug-likeness (QED) is 0.792. The van der Waals surface area contributed by atoms with Gasteiger partial charge in [-0.1, -0.05) is 31.2 Å². The van der Waals surface area contributed by atoms with Crippen LogP contribution >= 0.6 is 0 Å². The van der Waals surface area contributed by atoms with Crippen LogP contribution in [0.15, 0.2) is 40.8 Å². The highest BCUT2D eigenvalue weighted by Crippen LogP contribution is 2.30. The summed E-state index contributed by atoms with van der Waals surface area (Å²) < 4.78 is 19.4. The Morgan fingerprint density at radius 1 is 1.15 bits per heavy atom. The van der Waals surface area contributed by atoms with Gasteiger partial charge in [0, 0.05) is 10.9 Å². The summed E-state index contributed by atoms with van der Waals surface area (Å²) in [5.74, 6) is 0.491. The fourth-order valence-electron chi connectivity index (χ4n) is 2.12. The number of aromatic nitrogens is 2. The van der Waals surface area contributed by atoms with Crippen molar-refractivity contribution in [3.63, 3.8) is 0 Å². The predicted octanol–water partition coefficient (Wildman–Crippen LogP) is 3.44. The molecular formula is C15H14FN3O. The van der Waals surface area contributed by atoms with Crippen molar-refractivity contribution in [2.75, 3.05) is 0 Å². The Morgan fingerprint density at radius 3 is 2.65 bits per heavy atom. The molecule has 0 saturated heterocycles. The molecule has 1 aromatic heterocycles. The largest absolute Gasteiger partial charge is 0.419 e. The van der Waals surface area contributed by atoms with E-state index in [1.54, 1.807) is 18.2 Å². The Hall–Kier alpha value is -2.27. The van der Waals surface area contributed by atoms with E-state index in [0.29, 0.717) is 29.2 Å². The van der Waals surface area contributed by atoms with Crippen molar-refractivity contribution in [1.29, 1.82) is 0 Å². The monoisotopic (exact) mass is 271 g/mol. The average Bonchev–Trinajstić information content (AvgIpc) is 2.97. The summed E-state index contributed by atoms with van der Waals surface area (Å²) in [7, 11) is 0. The zero-order valence-corrected chi connectivity index (χ0v) is 11.0. The number of hydrogen-bond acceptors (Lipinski definition) is 4. The molecular weight excluding hydrogens is 257 g/mol. The number of fused-ring (bicyclic) bond motifs is 1. The Balaban J connectivity index is 2.15. The highest BCUT2D eigenvalue weighted by atomic mass is 19.1. The minimum absolute atomic E-state index is 0.269. The van der Waals surface area contributed by atoms with Crippen LogP contribution in [0.25, 0.3) is 22.2 Å². The van der Waals surface area contributed by atoms with Crippen molar-refractivity contribution in [3.05, 3.63) is 48.1 Å². The van der Waals surface area contributed by atoms with Gasteiger partial charge in [-0.2, -0.15) is 0 Å².